The number of Topliss-reactive ketones (excluding diaryl/α,β-unsaturated/α-hetero) is 2. The molecule has 4 aliphatic heterocycles. The minimum absolute atomic E-state index is 0.0637. The summed E-state index contributed by atoms with van der Waals surface area (Å²) in [5.74, 6) is -26.4. The summed E-state index contributed by atoms with van der Waals surface area (Å²) in [6, 6.07) is 17.0. The minimum atomic E-state index is -3.22. The second-order valence-electron chi connectivity index (χ2n) is 19.1. The van der Waals surface area contributed by atoms with Crippen molar-refractivity contribution in [1.29, 1.82) is 0 Å². The Kier molecular flexibility index (Phi) is 11.9. The summed E-state index contributed by atoms with van der Waals surface area (Å²) < 4.78 is 46.7. The van der Waals surface area contributed by atoms with Gasteiger partial charge in [-0.3, -0.25) is 9.59 Å². The molecule has 0 radical (unpaired) electrons. The Morgan fingerprint density at radius 1 is 0.494 bits per heavy atom. The highest BCUT2D eigenvalue weighted by Crippen LogP contribution is 2.58. The van der Waals surface area contributed by atoms with Crippen molar-refractivity contribution in [1.82, 2.24) is 0 Å². The van der Waals surface area contributed by atoms with Crippen molar-refractivity contribution in [3.05, 3.63) is 143 Å². The Labute approximate surface area is 451 Å². The van der Waals surface area contributed by atoms with Crippen molar-refractivity contribution in [2.75, 3.05) is 0 Å². The van der Waals surface area contributed by atoms with E-state index in [0.717, 1.165) is 91.0 Å². The number of rotatable bonds is 9. The van der Waals surface area contributed by atoms with Crippen molar-refractivity contribution in [2.45, 2.75) is 59.9 Å². The highest BCUT2D eigenvalue weighted by atomic mass is 16.8. The van der Waals surface area contributed by atoms with E-state index in [9.17, 15) is 90.4 Å². The zero-order valence-electron chi connectivity index (χ0n) is 40.8. The van der Waals surface area contributed by atoms with Crippen molar-refractivity contribution in [3.63, 3.8) is 0 Å². The van der Waals surface area contributed by atoms with Crippen LogP contribution in [0.15, 0.2) is 109 Å². The first-order chi connectivity index (χ1) is 38.3. The van der Waals surface area contributed by atoms with Crippen LogP contribution in [0.1, 0.15) is 55.8 Å². The van der Waals surface area contributed by atoms with Gasteiger partial charge in [-0.25, -0.2) is 14.4 Å². The topological polar surface area (TPSA) is 422 Å². The fourth-order valence-corrected chi connectivity index (χ4v) is 9.97. The number of ketones is 2. The van der Waals surface area contributed by atoms with Crippen LogP contribution in [-0.2, 0) is 35.4 Å². The number of aliphatic hydroxyl groups is 4. The molecule has 6 aromatic carbocycles. The van der Waals surface area contributed by atoms with Gasteiger partial charge in [0.2, 0.25) is 5.60 Å². The van der Waals surface area contributed by atoms with Gasteiger partial charge in [-0.15, -0.1) is 0 Å². The average molecular weight is 1120 g/mol. The third-order valence-electron chi connectivity index (χ3n) is 13.9. The normalized spacial score (nSPS) is 26.7. The van der Waals surface area contributed by atoms with Crippen LogP contribution in [0.4, 0.5) is 0 Å². The number of aliphatic hydroxyl groups excluding tert-OH is 2. The van der Waals surface area contributed by atoms with Gasteiger partial charge in [0.1, 0.15) is 57.8 Å². The van der Waals surface area contributed by atoms with E-state index >= 15 is 0 Å². The third-order valence-corrected chi connectivity index (χ3v) is 13.9. The van der Waals surface area contributed by atoms with Gasteiger partial charge in [0.05, 0.1) is 6.10 Å². The zero-order chi connectivity index (χ0) is 57.9. The maximum atomic E-state index is 14.1. The van der Waals surface area contributed by atoms with Gasteiger partial charge in [-0.1, -0.05) is 12.1 Å². The van der Waals surface area contributed by atoms with Crippen molar-refractivity contribution >= 4 is 41.6 Å². The maximum absolute atomic E-state index is 14.1. The number of carboxylic acids is 1. The van der Waals surface area contributed by atoms with E-state index in [0.29, 0.717) is 0 Å². The van der Waals surface area contributed by atoms with E-state index in [1.54, 1.807) is 0 Å². The van der Waals surface area contributed by atoms with E-state index in [1.165, 1.54) is 30.3 Å². The van der Waals surface area contributed by atoms with Gasteiger partial charge >= 0.3 is 41.1 Å². The van der Waals surface area contributed by atoms with E-state index in [4.69, 9.17) is 37.9 Å². The molecule has 26 nitrogen and oxygen atoms in total. The summed E-state index contributed by atoms with van der Waals surface area (Å²) in [5, 5.41) is 139. The fraction of sp³-hybridized carbons (Fsp3) is 0.182. The molecule has 5 aliphatic rings. The molecule has 8 atom stereocenters. The molecule has 0 bridgehead atoms. The molecule has 26 heteroatoms. The summed E-state index contributed by atoms with van der Waals surface area (Å²) in [6.07, 6.45) is -3.71. The number of hydrogen-bond donors (Lipinski definition) is 13. The van der Waals surface area contributed by atoms with E-state index in [1.807, 2.05) is 0 Å². The van der Waals surface area contributed by atoms with Crippen molar-refractivity contribution in [3.8, 4) is 80.5 Å². The zero-order valence-corrected chi connectivity index (χ0v) is 40.8. The molecule has 11 rings (SSSR count). The standard InChI is InChI=1S/C55H40O26/c56-27-17-33(62)45-40(19-27)79-54(25-5-7-29(58)31(60)15-25)52(72,48(45)68)75-38-13-23(1-9-36(38)77-54)3-11-43(65)74-42-22-51(50(70)71,21-35(64)47(42)67)81-44(66)12-4-24-2-10-37-39(14-24)76-53(73)49(69)46-34(63)18-28(57)20-41(46)80-55(53,78-37)26-6-8-30(59)32(61)16-26/h1-20,35,42,47,56-64,67,72-73H,21-22H2,(H,70,71)/t35-,42-,47+,51-,52?,53?,54?,55?/m1/s1. The molecule has 0 amide bonds. The number of hydrogen-bond acceptors (Lipinski definition) is 25. The molecular weight excluding hydrogens is 1080 g/mol. The van der Waals surface area contributed by atoms with Crippen LogP contribution < -0.4 is 28.4 Å². The summed E-state index contributed by atoms with van der Waals surface area (Å²) in [6.45, 7) is 0. The number of carboxylic acid groups (broad SMARTS) is 1. The predicted octanol–water partition coefficient (Wildman–Crippen LogP) is 3.03. The van der Waals surface area contributed by atoms with Gasteiger partial charge in [-0.2, -0.15) is 0 Å². The first kappa shape index (κ1) is 52.6. The molecule has 81 heavy (non-hydrogen) atoms. The SMILES string of the molecule is O=C(C=Cc1ccc2c(c1)OC1(O)C(=O)c3c(O)cc(O)cc3OC1(c1ccc(O)c(O)c1)O2)O[C@@H]1C[C@@](OC(=O)C=Cc2ccc3c(c2)OC2(O)C(=O)c4c(O)cc(O)cc4OC2(c2ccc(O)c(O)c2)O3)(C(=O)O)C[C@@H](O)[C@@H]1O. The lowest BCUT2D eigenvalue weighted by atomic mass is 9.79. The third kappa shape index (κ3) is 8.23. The molecular formula is C55H40O26. The molecule has 1 saturated carbocycles. The Hall–Kier alpha value is -10.4. The minimum Gasteiger partial charge on any atom is -0.508 e. The molecule has 6 aromatic rings. The molecule has 4 unspecified atom stereocenters. The lowest BCUT2D eigenvalue weighted by Crippen LogP contribution is -2.70. The molecule has 416 valence electrons. The quantitative estimate of drug-likeness (QED) is 0.0562. The van der Waals surface area contributed by atoms with Gasteiger partial charge in [0, 0.05) is 60.4 Å². The van der Waals surface area contributed by atoms with Crippen LogP contribution in [0.2, 0.25) is 0 Å². The number of benzene rings is 6. The lowest BCUT2D eigenvalue weighted by molar-refractivity contribution is -0.316. The maximum Gasteiger partial charge on any atom is 0.357 e. The van der Waals surface area contributed by atoms with Crippen LogP contribution in [0.5, 0.6) is 80.5 Å². The Morgan fingerprint density at radius 2 is 0.938 bits per heavy atom. The number of aliphatic carboxylic acids is 1. The summed E-state index contributed by atoms with van der Waals surface area (Å²) in [7, 11) is 0. The second-order valence-corrected chi connectivity index (χ2v) is 19.1. The summed E-state index contributed by atoms with van der Waals surface area (Å²) in [4.78, 5) is 67.8. The second kappa shape index (κ2) is 18.3. The molecule has 1 aliphatic carbocycles. The molecule has 4 heterocycles. The smallest absolute Gasteiger partial charge is 0.357 e. The number of phenols is 8. The lowest BCUT2D eigenvalue weighted by Gasteiger charge is -2.50. The molecule has 0 aromatic heterocycles. The summed E-state index contributed by atoms with van der Waals surface area (Å²) in [5.41, 5.74) is -4.31. The van der Waals surface area contributed by atoms with Crippen LogP contribution in [-0.4, -0.2) is 131 Å². The molecule has 1 fully saturated rings. The number of fused-ring (bicyclic) bond motifs is 6. The van der Waals surface area contributed by atoms with Crippen LogP contribution >= 0.6 is 0 Å². The van der Waals surface area contributed by atoms with Crippen molar-refractivity contribution in [2.24, 2.45) is 0 Å². The molecule has 13 N–H and O–H groups in total. The van der Waals surface area contributed by atoms with Crippen LogP contribution in [0, 0.1) is 0 Å². The van der Waals surface area contributed by atoms with Gasteiger partial charge in [0.25, 0.3) is 11.6 Å². The Bertz CT molecular complexity index is 3800. The number of carbonyl (C=O) groups excluding carboxylic acids is 4. The first-order valence-corrected chi connectivity index (χ1v) is 23.8. The van der Waals surface area contributed by atoms with Crippen LogP contribution in [0.25, 0.3) is 12.2 Å². The highest BCUT2D eigenvalue weighted by Gasteiger charge is 2.72. The molecule has 0 spiro atoms. The fourth-order valence-electron chi connectivity index (χ4n) is 9.97. The average Bonchev–Trinajstić information content (AvgIpc) is 1.19. The van der Waals surface area contributed by atoms with Crippen LogP contribution in [0.3, 0.4) is 0 Å². The van der Waals surface area contributed by atoms with E-state index in [-0.39, 0.29) is 45.3 Å². The predicted molar refractivity (Wildman–Crippen MR) is 263 cm³/mol. The van der Waals surface area contributed by atoms with E-state index in [2.05, 4.69) is 0 Å². The summed E-state index contributed by atoms with van der Waals surface area (Å²) >= 11 is 0. The van der Waals surface area contributed by atoms with Gasteiger partial charge in [0.15, 0.2) is 46.0 Å². The highest BCUT2D eigenvalue weighted by molar-refractivity contribution is 6.09. The largest absolute Gasteiger partial charge is 0.508 e. The Morgan fingerprint density at radius 3 is 1.38 bits per heavy atom. The number of aromatic hydroxyl groups is 8. The number of esters is 2. The van der Waals surface area contributed by atoms with E-state index < -0.39 is 158 Å². The van der Waals surface area contributed by atoms with Crippen molar-refractivity contribution < 1.29 is 128 Å². The number of phenolic OH excluding ortho intramolecular Hbond substituents is 8. The molecule has 0 saturated heterocycles. The van der Waals surface area contributed by atoms with Gasteiger partial charge < -0.3 is 104 Å². The number of ether oxygens (including phenoxy) is 8. The Balaban J connectivity index is 0.801. The van der Waals surface area contributed by atoms with Gasteiger partial charge in [-0.05, 0) is 83.9 Å². The first-order valence-electron chi connectivity index (χ1n) is 23.8. The monoisotopic (exact) mass is 1120 g/mol. The number of carbonyl (C=O) groups is 5.